The normalized spacial score (nSPS) is 9.65. The van der Waals surface area contributed by atoms with Crippen LogP contribution in [0.5, 0.6) is 0 Å². The number of pyridine rings is 1. The van der Waals surface area contributed by atoms with Crippen molar-refractivity contribution in [1.29, 1.82) is 0 Å². The Kier molecular flexibility index (Phi) is 5.37. The highest BCUT2D eigenvalue weighted by Gasteiger charge is 2.10. The van der Waals surface area contributed by atoms with Crippen LogP contribution in [0.1, 0.15) is 16.1 Å². The van der Waals surface area contributed by atoms with Crippen molar-refractivity contribution >= 4 is 23.4 Å². The van der Waals surface area contributed by atoms with Crippen molar-refractivity contribution < 1.29 is 9.90 Å². The zero-order valence-corrected chi connectivity index (χ0v) is 10.4. The molecule has 0 aromatic carbocycles. The Hall–Kier alpha value is -1.67. The maximum absolute atomic E-state index is 11.0. The lowest BCUT2D eigenvalue weighted by molar-refractivity contribution is 0.0697. The van der Waals surface area contributed by atoms with E-state index in [-0.39, 0.29) is 5.56 Å². The molecule has 1 aromatic rings. The molecule has 17 heavy (non-hydrogen) atoms. The quantitative estimate of drug-likeness (QED) is 0.596. The van der Waals surface area contributed by atoms with E-state index in [0.29, 0.717) is 18.0 Å². The molecule has 0 radical (unpaired) electrons. The minimum atomic E-state index is -0.976. The van der Waals surface area contributed by atoms with Crippen LogP contribution in [0.4, 0.5) is 5.69 Å². The lowest BCUT2D eigenvalue weighted by atomic mass is 10.2. The number of nitrogens with zero attached hydrogens (tertiary/aromatic N) is 1. The van der Waals surface area contributed by atoms with Gasteiger partial charge in [-0.25, -0.2) is 4.79 Å². The van der Waals surface area contributed by atoms with E-state index in [2.05, 4.69) is 16.2 Å². The van der Waals surface area contributed by atoms with E-state index in [1.165, 1.54) is 6.20 Å². The second kappa shape index (κ2) is 6.81. The highest BCUT2D eigenvalue weighted by Crippen LogP contribution is 2.15. The molecule has 0 amide bonds. The van der Waals surface area contributed by atoms with Crippen LogP contribution in [-0.4, -0.2) is 34.1 Å². The van der Waals surface area contributed by atoms with E-state index in [9.17, 15) is 4.79 Å². The number of rotatable bonds is 6. The molecule has 0 saturated carbocycles. The van der Waals surface area contributed by atoms with Crippen LogP contribution in [0.25, 0.3) is 0 Å². The number of aromatic carboxylic acids is 1. The van der Waals surface area contributed by atoms with E-state index < -0.39 is 5.97 Å². The molecule has 90 valence electrons. The summed E-state index contributed by atoms with van der Waals surface area (Å²) in [6, 6.07) is 1.73. The molecule has 0 aliphatic carbocycles. The molecule has 0 atom stereocenters. The Morgan fingerprint density at radius 3 is 3.12 bits per heavy atom. The van der Waals surface area contributed by atoms with Crippen LogP contribution < -0.4 is 5.32 Å². The summed E-state index contributed by atoms with van der Waals surface area (Å²) in [4.78, 5) is 14.9. The van der Waals surface area contributed by atoms with Gasteiger partial charge in [0, 0.05) is 24.2 Å². The summed E-state index contributed by atoms with van der Waals surface area (Å²) in [6.07, 6.45) is 6.50. The van der Waals surface area contributed by atoms with Crippen LogP contribution >= 0.6 is 11.8 Å². The van der Waals surface area contributed by atoms with Gasteiger partial charge in [-0.3, -0.25) is 4.98 Å². The molecule has 0 fully saturated rings. The van der Waals surface area contributed by atoms with Crippen molar-refractivity contribution in [2.24, 2.45) is 0 Å². The third-order valence-corrected chi connectivity index (χ3v) is 2.88. The molecule has 0 unspecified atom stereocenters. The van der Waals surface area contributed by atoms with Crippen molar-refractivity contribution in [1.82, 2.24) is 4.98 Å². The summed E-state index contributed by atoms with van der Waals surface area (Å²) in [5.74, 6) is 3.07. The molecule has 0 aliphatic rings. The highest BCUT2D eigenvalue weighted by atomic mass is 32.2. The Labute approximate surface area is 105 Å². The Morgan fingerprint density at radius 1 is 1.71 bits per heavy atom. The van der Waals surface area contributed by atoms with Crippen molar-refractivity contribution in [2.45, 2.75) is 6.92 Å². The van der Waals surface area contributed by atoms with Gasteiger partial charge in [0.15, 0.2) is 0 Å². The summed E-state index contributed by atoms with van der Waals surface area (Å²) in [5.41, 5.74) is 1.58. The third-order valence-electron chi connectivity index (χ3n) is 2.02. The minimum Gasteiger partial charge on any atom is -0.478 e. The van der Waals surface area contributed by atoms with Crippen LogP contribution in [0.2, 0.25) is 0 Å². The van der Waals surface area contributed by atoms with Crippen molar-refractivity contribution in [3.05, 3.63) is 23.5 Å². The Bertz CT molecular complexity index is 441. The second-order valence-electron chi connectivity index (χ2n) is 3.36. The molecule has 0 aliphatic heterocycles. The number of hydrogen-bond donors (Lipinski definition) is 2. The minimum absolute atomic E-state index is 0.192. The SMILES string of the molecule is C#CCSCCNc1cc(C)ncc1C(=O)O. The van der Waals surface area contributed by atoms with Gasteiger partial charge in [0.1, 0.15) is 5.56 Å². The average Bonchev–Trinajstić information content (AvgIpc) is 2.28. The molecule has 1 rings (SSSR count). The van der Waals surface area contributed by atoms with E-state index in [4.69, 9.17) is 11.5 Å². The highest BCUT2D eigenvalue weighted by molar-refractivity contribution is 7.99. The van der Waals surface area contributed by atoms with Crippen LogP contribution in [0, 0.1) is 19.3 Å². The molecule has 1 aromatic heterocycles. The molecular formula is C12H14N2O2S. The van der Waals surface area contributed by atoms with Crippen molar-refractivity contribution in [3.8, 4) is 12.3 Å². The lowest BCUT2D eigenvalue weighted by Gasteiger charge is -2.09. The van der Waals surface area contributed by atoms with Gasteiger partial charge < -0.3 is 10.4 Å². The summed E-state index contributed by atoms with van der Waals surface area (Å²) in [6.45, 7) is 2.50. The number of carbonyl (C=O) groups is 1. The lowest BCUT2D eigenvalue weighted by Crippen LogP contribution is -2.10. The number of carboxylic acids is 1. The fourth-order valence-electron chi connectivity index (χ4n) is 1.27. The number of carboxylic acid groups (broad SMARTS) is 1. The molecule has 1 heterocycles. The fourth-order valence-corrected chi connectivity index (χ4v) is 1.77. The van der Waals surface area contributed by atoms with Gasteiger partial charge in [-0.2, -0.15) is 0 Å². The number of aromatic nitrogens is 1. The third kappa shape index (κ3) is 4.37. The zero-order valence-electron chi connectivity index (χ0n) is 9.56. The van der Waals surface area contributed by atoms with Gasteiger partial charge in [-0.1, -0.05) is 5.92 Å². The van der Waals surface area contributed by atoms with E-state index in [1.807, 2.05) is 6.92 Å². The van der Waals surface area contributed by atoms with Gasteiger partial charge in [0.2, 0.25) is 0 Å². The number of aryl methyl sites for hydroxylation is 1. The molecule has 0 spiro atoms. The van der Waals surface area contributed by atoms with E-state index in [1.54, 1.807) is 17.8 Å². The first-order valence-corrected chi connectivity index (χ1v) is 6.25. The summed E-state index contributed by atoms with van der Waals surface area (Å²) < 4.78 is 0. The van der Waals surface area contributed by atoms with Gasteiger partial charge in [-0.15, -0.1) is 18.2 Å². The molecule has 0 saturated heterocycles. The maximum atomic E-state index is 11.0. The number of anilines is 1. The van der Waals surface area contributed by atoms with Crippen LogP contribution in [0.3, 0.4) is 0 Å². The average molecular weight is 250 g/mol. The predicted octanol–water partition coefficient (Wildman–Crippen LogP) is 1.87. The van der Waals surface area contributed by atoms with E-state index >= 15 is 0 Å². The molecule has 0 bridgehead atoms. The standard InChI is InChI=1S/C12H14N2O2S/c1-3-5-17-6-4-13-11-7-9(2)14-8-10(11)12(15)16/h1,7-8H,4-6H2,2H3,(H,13,14)(H,15,16). The molecule has 5 heteroatoms. The first-order chi connectivity index (χ1) is 8.15. The first-order valence-electron chi connectivity index (χ1n) is 5.10. The summed E-state index contributed by atoms with van der Waals surface area (Å²) >= 11 is 1.63. The predicted molar refractivity (Wildman–Crippen MR) is 70.6 cm³/mol. The zero-order chi connectivity index (χ0) is 12.7. The maximum Gasteiger partial charge on any atom is 0.339 e. The Morgan fingerprint density at radius 2 is 2.47 bits per heavy atom. The number of hydrogen-bond acceptors (Lipinski definition) is 4. The summed E-state index contributed by atoms with van der Waals surface area (Å²) in [5, 5.41) is 12.1. The number of terminal acetylenes is 1. The Balaban J connectivity index is 2.60. The molecule has 2 N–H and O–H groups in total. The first kappa shape index (κ1) is 13.4. The molecule has 4 nitrogen and oxygen atoms in total. The second-order valence-corrected chi connectivity index (χ2v) is 4.47. The fraction of sp³-hybridized carbons (Fsp3) is 0.333. The van der Waals surface area contributed by atoms with Crippen molar-refractivity contribution in [3.63, 3.8) is 0 Å². The topological polar surface area (TPSA) is 62.2 Å². The van der Waals surface area contributed by atoms with E-state index in [0.717, 1.165) is 11.4 Å². The monoisotopic (exact) mass is 250 g/mol. The van der Waals surface area contributed by atoms with Crippen LogP contribution in [-0.2, 0) is 0 Å². The number of nitrogens with one attached hydrogen (secondary N) is 1. The molecular weight excluding hydrogens is 236 g/mol. The summed E-state index contributed by atoms with van der Waals surface area (Å²) in [7, 11) is 0. The van der Waals surface area contributed by atoms with Crippen LogP contribution in [0.15, 0.2) is 12.3 Å². The van der Waals surface area contributed by atoms with Gasteiger partial charge in [-0.05, 0) is 13.0 Å². The van der Waals surface area contributed by atoms with Gasteiger partial charge in [0.25, 0.3) is 0 Å². The smallest absolute Gasteiger partial charge is 0.339 e. The number of thioether (sulfide) groups is 1. The van der Waals surface area contributed by atoms with Crippen molar-refractivity contribution in [2.75, 3.05) is 23.4 Å². The largest absolute Gasteiger partial charge is 0.478 e. The van der Waals surface area contributed by atoms with Gasteiger partial charge in [0.05, 0.1) is 11.4 Å². The van der Waals surface area contributed by atoms with Gasteiger partial charge >= 0.3 is 5.97 Å².